The van der Waals surface area contributed by atoms with Crippen molar-refractivity contribution in [2.75, 3.05) is 31.6 Å². The highest BCUT2D eigenvalue weighted by molar-refractivity contribution is 7.90. The number of fused-ring (bicyclic) bond motifs is 1. The number of nitrogens with zero attached hydrogens (tertiary/aromatic N) is 4. The molecule has 0 radical (unpaired) electrons. The Morgan fingerprint density at radius 1 is 1.21 bits per heavy atom. The summed E-state index contributed by atoms with van der Waals surface area (Å²) in [5, 5.41) is -0.399. The Hall–Kier alpha value is -2.26. The van der Waals surface area contributed by atoms with Crippen LogP contribution in [-0.2, 0) is 16.6 Å². The van der Waals surface area contributed by atoms with Gasteiger partial charge in [0.1, 0.15) is 5.75 Å². The lowest BCUT2D eigenvalue weighted by atomic mass is 10.0. The smallest absolute Gasteiger partial charge is 0.225 e. The number of ether oxygens (including phenoxy) is 1. The molecule has 2 fully saturated rings. The van der Waals surface area contributed by atoms with Crippen molar-refractivity contribution < 1.29 is 17.5 Å². The van der Waals surface area contributed by atoms with Gasteiger partial charge in [-0.25, -0.2) is 22.8 Å². The average Bonchev–Trinajstić information content (AvgIpc) is 2.83. The number of rotatable bonds is 4. The van der Waals surface area contributed by atoms with Gasteiger partial charge in [0.15, 0.2) is 5.82 Å². The van der Waals surface area contributed by atoms with E-state index in [1.165, 1.54) is 0 Å². The molecule has 4 rings (SSSR count). The molecular formula is C19H23FN4O3S. The van der Waals surface area contributed by atoms with Crippen molar-refractivity contribution in [2.24, 2.45) is 5.92 Å². The van der Waals surface area contributed by atoms with Gasteiger partial charge in [-0.05, 0) is 36.5 Å². The molecule has 0 amide bonds. The fourth-order valence-electron chi connectivity index (χ4n) is 4.09. The highest BCUT2D eigenvalue weighted by Gasteiger charge is 2.46. The van der Waals surface area contributed by atoms with E-state index in [2.05, 4.69) is 9.97 Å². The molecular weight excluding hydrogens is 383 g/mol. The van der Waals surface area contributed by atoms with E-state index in [9.17, 15) is 12.8 Å². The van der Waals surface area contributed by atoms with Gasteiger partial charge in [0.25, 0.3) is 0 Å². The third-order valence-electron chi connectivity index (χ3n) is 5.54. The second kappa shape index (κ2) is 7.63. The van der Waals surface area contributed by atoms with Gasteiger partial charge in [0.05, 0.1) is 24.8 Å². The van der Waals surface area contributed by atoms with Crippen molar-refractivity contribution in [3.8, 4) is 5.75 Å². The monoisotopic (exact) mass is 406 g/mol. The highest BCUT2D eigenvalue weighted by atomic mass is 32.2. The number of sulfonamides is 1. The number of anilines is 1. The quantitative estimate of drug-likeness (QED) is 0.774. The van der Waals surface area contributed by atoms with Gasteiger partial charge in [-0.1, -0.05) is 12.1 Å². The average molecular weight is 406 g/mol. The molecule has 0 bridgehead atoms. The molecule has 2 saturated heterocycles. The maximum absolute atomic E-state index is 13.1. The highest BCUT2D eigenvalue weighted by Crippen LogP contribution is 2.36. The molecule has 2 aliphatic heterocycles. The van der Waals surface area contributed by atoms with Gasteiger partial charge in [-0.15, -0.1) is 0 Å². The first kappa shape index (κ1) is 19.1. The fraction of sp³-hybridized carbons (Fsp3) is 0.474. The molecule has 2 aromatic rings. The standard InChI is InChI=1S/C19H23FN4O3S/c1-27-17-4-2-3-14(9-17)12-24-13-15-5-7-23(8-6-18(15)28(24,25)26)19-21-10-16(20)11-22-19/h2-4,9-11,15,18H,5-8,12-13H2,1H3/t15-,18-/m1/s1. The summed E-state index contributed by atoms with van der Waals surface area (Å²) >= 11 is 0. The van der Waals surface area contributed by atoms with E-state index in [4.69, 9.17) is 4.74 Å². The van der Waals surface area contributed by atoms with Crippen molar-refractivity contribution >= 4 is 16.0 Å². The van der Waals surface area contributed by atoms with Crippen LogP contribution in [0.5, 0.6) is 5.75 Å². The van der Waals surface area contributed by atoms with Crippen LogP contribution in [0.4, 0.5) is 10.3 Å². The van der Waals surface area contributed by atoms with Crippen molar-refractivity contribution in [1.29, 1.82) is 0 Å². The van der Waals surface area contributed by atoms with Crippen LogP contribution >= 0.6 is 0 Å². The van der Waals surface area contributed by atoms with Crippen LogP contribution in [0.15, 0.2) is 36.7 Å². The van der Waals surface area contributed by atoms with Crippen LogP contribution in [0.25, 0.3) is 0 Å². The first-order chi connectivity index (χ1) is 13.5. The molecule has 0 unspecified atom stereocenters. The predicted molar refractivity (Wildman–Crippen MR) is 103 cm³/mol. The zero-order chi connectivity index (χ0) is 19.7. The summed E-state index contributed by atoms with van der Waals surface area (Å²) in [6, 6.07) is 7.50. The van der Waals surface area contributed by atoms with Crippen molar-refractivity contribution in [2.45, 2.75) is 24.6 Å². The lowest BCUT2D eigenvalue weighted by molar-refractivity contribution is 0.379. The molecule has 0 spiro atoms. The van der Waals surface area contributed by atoms with Gasteiger partial charge in [0, 0.05) is 26.2 Å². The van der Waals surface area contributed by atoms with Crippen LogP contribution in [0, 0.1) is 11.7 Å². The van der Waals surface area contributed by atoms with E-state index in [1.807, 2.05) is 29.2 Å². The molecule has 1 aromatic heterocycles. The van der Waals surface area contributed by atoms with Crippen molar-refractivity contribution in [3.63, 3.8) is 0 Å². The molecule has 0 aliphatic carbocycles. The van der Waals surface area contributed by atoms with Crippen LogP contribution in [0.2, 0.25) is 0 Å². The summed E-state index contributed by atoms with van der Waals surface area (Å²) in [6.07, 6.45) is 3.53. The largest absolute Gasteiger partial charge is 0.497 e. The lowest BCUT2D eigenvalue weighted by Crippen LogP contribution is -2.32. The Morgan fingerprint density at radius 2 is 1.96 bits per heavy atom. The Bertz CT molecular complexity index is 938. The second-order valence-electron chi connectivity index (χ2n) is 7.25. The first-order valence-electron chi connectivity index (χ1n) is 9.32. The fourth-order valence-corrected chi connectivity index (χ4v) is 6.32. The van der Waals surface area contributed by atoms with Gasteiger partial charge in [-0.3, -0.25) is 0 Å². The molecule has 150 valence electrons. The van der Waals surface area contributed by atoms with Crippen LogP contribution in [-0.4, -0.2) is 54.7 Å². The zero-order valence-corrected chi connectivity index (χ0v) is 16.5. The Labute approximate surface area is 164 Å². The zero-order valence-electron chi connectivity index (χ0n) is 15.7. The van der Waals surface area contributed by atoms with E-state index in [1.54, 1.807) is 11.4 Å². The maximum Gasteiger partial charge on any atom is 0.225 e. The minimum Gasteiger partial charge on any atom is -0.497 e. The molecule has 2 aliphatic rings. The molecule has 9 heteroatoms. The summed E-state index contributed by atoms with van der Waals surface area (Å²) in [7, 11) is -1.78. The number of hydrogen-bond acceptors (Lipinski definition) is 6. The van der Waals surface area contributed by atoms with Crippen LogP contribution in [0.1, 0.15) is 18.4 Å². The SMILES string of the molecule is COc1cccc(CN2C[C@H]3CCN(c4ncc(F)cn4)CC[C@H]3S2(=O)=O)c1. The predicted octanol–water partition coefficient (Wildman–Crippen LogP) is 2.05. The third-order valence-corrected chi connectivity index (χ3v) is 7.93. The van der Waals surface area contributed by atoms with Gasteiger partial charge in [-0.2, -0.15) is 4.31 Å². The second-order valence-corrected chi connectivity index (χ2v) is 9.41. The van der Waals surface area contributed by atoms with Crippen LogP contribution in [0.3, 0.4) is 0 Å². The summed E-state index contributed by atoms with van der Waals surface area (Å²) in [6.45, 7) is 2.08. The van der Waals surface area contributed by atoms with Gasteiger partial charge < -0.3 is 9.64 Å². The van der Waals surface area contributed by atoms with E-state index >= 15 is 0 Å². The molecule has 28 heavy (non-hydrogen) atoms. The normalized spacial score (nSPS) is 24.6. The Morgan fingerprint density at radius 3 is 2.71 bits per heavy atom. The molecule has 0 saturated carbocycles. The Balaban J connectivity index is 1.47. The number of methoxy groups -OCH3 is 1. The number of hydrogen-bond donors (Lipinski definition) is 0. The lowest BCUT2D eigenvalue weighted by Gasteiger charge is -2.22. The van der Waals surface area contributed by atoms with Crippen LogP contribution < -0.4 is 9.64 Å². The molecule has 7 nitrogen and oxygen atoms in total. The summed E-state index contributed by atoms with van der Waals surface area (Å²) in [5.74, 6) is 0.762. The number of aromatic nitrogens is 2. The van der Waals surface area contributed by atoms with E-state index in [0.29, 0.717) is 38.5 Å². The third kappa shape index (κ3) is 3.68. The summed E-state index contributed by atoms with van der Waals surface area (Å²) in [5.41, 5.74) is 0.917. The van der Waals surface area contributed by atoms with Crippen molar-refractivity contribution in [1.82, 2.24) is 14.3 Å². The van der Waals surface area contributed by atoms with E-state index in [0.717, 1.165) is 30.1 Å². The first-order valence-corrected chi connectivity index (χ1v) is 10.8. The van der Waals surface area contributed by atoms with E-state index < -0.39 is 21.1 Å². The summed E-state index contributed by atoms with van der Waals surface area (Å²) < 4.78 is 46.1. The molecule has 3 heterocycles. The maximum atomic E-state index is 13.1. The van der Waals surface area contributed by atoms with E-state index in [-0.39, 0.29) is 5.92 Å². The number of halogens is 1. The minimum atomic E-state index is -3.38. The molecule has 1 aromatic carbocycles. The number of benzene rings is 1. The Kier molecular flexibility index (Phi) is 5.20. The summed E-state index contributed by atoms with van der Waals surface area (Å²) in [4.78, 5) is 10.0. The van der Waals surface area contributed by atoms with Gasteiger partial charge >= 0.3 is 0 Å². The van der Waals surface area contributed by atoms with Gasteiger partial charge in [0.2, 0.25) is 16.0 Å². The minimum absolute atomic E-state index is 0.0704. The van der Waals surface area contributed by atoms with Crippen molar-refractivity contribution in [3.05, 3.63) is 48.0 Å². The molecule has 0 N–H and O–H groups in total. The topological polar surface area (TPSA) is 75.6 Å². The molecule has 2 atom stereocenters.